The van der Waals surface area contributed by atoms with Crippen LogP contribution in [0.4, 0.5) is 17.6 Å². The fourth-order valence-electron chi connectivity index (χ4n) is 1.48. The minimum atomic E-state index is -4.72. The average Bonchev–Trinajstić information content (AvgIpc) is 2.75. The monoisotopic (exact) mass is 260 g/mol. The van der Waals surface area contributed by atoms with Crippen LogP contribution in [0.1, 0.15) is 11.3 Å². The van der Waals surface area contributed by atoms with E-state index in [1.807, 2.05) is 0 Å². The number of benzene rings is 1. The smallest absolute Gasteiger partial charge is 0.390 e. The van der Waals surface area contributed by atoms with Gasteiger partial charge in [0.25, 0.3) is 0 Å². The van der Waals surface area contributed by atoms with Crippen molar-refractivity contribution in [3.8, 4) is 11.4 Å². The Morgan fingerprint density at radius 3 is 2.50 bits per heavy atom. The second-order valence-electron chi connectivity index (χ2n) is 3.59. The van der Waals surface area contributed by atoms with Crippen molar-refractivity contribution in [1.82, 2.24) is 9.97 Å². The molecule has 1 heterocycles. The number of aromatic amines is 1. The third-order valence-corrected chi connectivity index (χ3v) is 2.34. The van der Waals surface area contributed by atoms with Crippen molar-refractivity contribution in [2.24, 2.45) is 0 Å². The van der Waals surface area contributed by atoms with E-state index in [1.165, 1.54) is 6.20 Å². The lowest BCUT2D eigenvalue weighted by atomic mass is 10.1. The molecule has 2 rings (SSSR count). The molecule has 1 aromatic carbocycles. The second kappa shape index (κ2) is 4.41. The first-order valence-corrected chi connectivity index (χ1v) is 4.94. The molecule has 0 aliphatic carbocycles. The van der Waals surface area contributed by atoms with Crippen LogP contribution in [-0.4, -0.2) is 15.1 Å². The van der Waals surface area contributed by atoms with Crippen LogP contribution >= 0.6 is 0 Å². The third kappa shape index (κ3) is 2.35. The zero-order valence-corrected chi connectivity index (χ0v) is 8.92. The molecule has 0 saturated heterocycles. The zero-order chi connectivity index (χ0) is 13.3. The molecule has 0 aliphatic heterocycles. The molecule has 2 N–H and O–H groups in total. The number of nitrogens with one attached hydrogen (secondary N) is 1. The molecular weight excluding hydrogens is 252 g/mol. The van der Waals surface area contributed by atoms with Crippen LogP contribution in [0.25, 0.3) is 11.4 Å². The Balaban J connectivity index is 2.40. The van der Waals surface area contributed by atoms with E-state index in [4.69, 9.17) is 5.11 Å². The number of imidazole rings is 1. The number of aliphatic hydroxyl groups is 1. The number of rotatable bonds is 2. The normalized spacial score (nSPS) is 11.8. The summed E-state index contributed by atoms with van der Waals surface area (Å²) in [5.74, 6) is -1.16. The topological polar surface area (TPSA) is 48.9 Å². The van der Waals surface area contributed by atoms with E-state index in [-0.39, 0.29) is 18.0 Å². The molecule has 0 unspecified atom stereocenters. The molecule has 0 saturated carbocycles. The maximum absolute atomic E-state index is 13.3. The fraction of sp³-hybridized carbons (Fsp3) is 0.182. The van der Waals surface area contributed by atoms with E-state index in [0.717, 1.165) is 12.1 Å². The molecule has 0 aliphatic rings. The van der Waals surface area contributed by atoms with Crippen LogP contribution in [0.2, 0.25) is 0 Å². The number of nitrogens with zero attached hydrogens (tertiary/aromatic N) is 1. The van der Waals surface area contributed by atoms with Crippen molar-refractivity contribution in [3.05, 3.63) is 41.5 Å². The van der Waals surface area contributed by atoms with Crippen LogP contribution < -0.4 is 0 Å². The summed E-state index contributed by atoms with van der Waals surface area (Å²) in [6, 6.07) is 2.53. The van der Waals surface area contributed by atoms with E-state index in [9.17, 15) is 17.6 Å². The molecule has 0 atom stereocenters. The largest absolute Gasteiger partial charge is 0.419 e. The van der Waals surface area contributed by atoms with Crippen LogP contribution in [-0.2, 0) is 12.8 Å². The molecule has 1 aromatic heterocycles. The third-order valence-electron chi connectivity index (χ3n) is 2.34. The van der Waals surface area contributed by atoms with Gasteiger partial charge in [0, 0.05) is 11.8 Å². The van der Waals surface area contributed by atoms with Gasteiger partial charge in [-0.25, -0.2) is 9.37 Å². The molecule has 0 amide bonds. The van der Waals surface area contributed by atoms with Gasteiger partial charge < -0.3 is 10.1 Å². The van der Waals surface area contributed by atoms with Crippen LogP contribution in [0.15, 0.2) is 24.4 Å². The Morgan fingerprint density at radius 1 is 1.28 bits per heavy atom. The predicted octanol–water partition coefficient (Wildman–Crippen LogP) is 2.73. The van der Waals surface area contributed by atoms with Crippen molar-refractivity contribution in [2.45, 2.75) is 12.8 Å². The summed E-state index contributed by atoms with van der Waals surface area (Å²) in [4.78, 5) is 6.52. The molecular formula is C11H8F4N2O. The number of alkyl halides is 3. The van der Waals surface area contributed by atoms with Gasteiger partial charge in [0.2, 0.25) is 0 Å². The number of hydrogen-bond acceptors (Lipinski definition) is 2. The van der Waals surface area contributed by atoms with Crippen molar-refractivity contribution >= 4 is 0 Å². The minimum absolute atomic E-state index is 0.181. The standard InChI is InChI=1S/C11H8F4N2O/c12-9-3-6(1-2-8(9)11(13,14)15)10-16-4-7(5-18)17-10/h1-4,18H,5H2,(H,16,17). The van der Waals surface area contributed by atoms with Crippen molar-refractivity contribution in [1.29, 1.82) is 0 Å². The van der Waals surface area contributed by atoms with Gasteiger partial charge in [-0.1, -0.05) is 6.07 Å². The first-order chi connectivity index (χ1) is 8.41. The molecule has 0 bridgehead atoms. The number of aliphatic hydroxyl groups excluding tert-OH is 1. The first-order valence-electron chi connectivity index (χ1n) is 4.94. The van der Waals surface area contributed by atoms with Gasteiger partial charge in [0.05, 0.1) is 17.9 Å². The quantitative estimate of drug-likeness (QED) is 0.815. The number of hydrogen-bond donors (Lipinski definition) is 2. The second-order valence-corrected chi connectivity index (χ2v) is 3.59. The van der Waals surface area contributed by atoms with Crippen molar-refractivity contribution in [3.63, 3.8) is 0 Å². The van der Waals surface area contributed by atoms with E-state index in [0.29, 0.717) is 11.8 Å². The Labute approximate surface area is 99.1 Å². The first kappa shape index (κ1) is 12.6. The summed E-state index contributed by atoms with van der Waals surface area (Å²) in [5, 5.41) is 8.80. The van der Waals surface area contributed by atoms with Gasteiger partial charge in [-0.15, -0.1) is 0 Å². The lowest BCUT2D eigenvalue weighted by Crippen LogP contribution is -2.07. The van der Waals surface area contributed by atoms with E-state index in [1.54, 1.807) is 0 Å². The Bertz CT molecular complexity index is 562. The summed E-state index contributed by atoms with van der Waals surface area (Å²) in [6.45, 7) is -0.306. The molecule has 7 heteroatoms. The lowest BCUT2D eigenvalue weighted by molar-refractivity contribution is -0.139. The van der Waals surface area contributed by atoms with E-state index >= 15 is 0 Å². The number of halogens is 4. The van der Waals surface area contributed by atoms with Gasteiger partial charge in [-0.05, 0) is 12.1 Å². The molecule has 0 spiro atoms. The maximum atomic E-state index is 13.3. The zero-order valence-electron chi connectivity index (χ0n) is 8.92. The van der Waals surface area contributed by atoms with Gasteiger partial charge in [-0.3, -0.25) is 0 Å². The summed E-state index contributed by atoms with van der Waals surface area (Å²) in [6.07, 6.45) is -3.33. The lowest BCUT2D eigenvalue weighted by Gasteiger charge is -2.08. The predicted molar refractivity (Wildman–Crippen MR) is 54.9 cm³/mol. The highest BCUT2D eigenvalue weighted by Crippen LogP contribution is 2.32. The maximum Gasteiger partial charge on any atom is 0.419 e. The van der Waals surface area contributed by atoms with E-state index < -0.39 is 17.6 Å². The van der Waals surface area contributed by atoms with Crippen molar-refractivity contribution < 1.29 is 22.7 Å². The molecule has 96 valence electrons. The fourth-order valence-corrected chi connectivity index (χ4v) is 1.48. The minimum Gasteiger partial charge on any atom is -0.390 e. The summed E-state index contributed by atoms with van der Waals surface area (Å²) < 4.78 is 50.3. The SMILES string of the molecule is OCc1c[nH]c(-c2ccc(C(F)(F)F)c(F)c2)n1. The number of H-pyrrole nitrogens is 1. The molecule has 18 heavy (non-hydrogen) atoms. The molecule has 2 aromatic rings. The molecule has 0 radical (unpaired) electrons. The summed E-state index contributed by atoms with van der Waals surface area (Å²) in [7, 11) is 0. The van der Waals surface area contributed by atoms with Gasteiger partial charge in [0.15, 0.2) is 0 Å². The number of aromatic nitrogens is 2. The Morgan fingerprint density at radius 2 is 2.00 bits per heavy atom. The Hall–Kier alpha value is -1.89. The Kier molecular flexibility index (Phi) is 3.08. The van der Waals surface area contributed by atoms with Crippen LogP contribution in [0.3, 0.4) is 0 Å². The van der Waals surface area contributed by atoms with Gasteiger partial charge in [0.1, 0.15) is 11.6 Å². The summed E-state index contributed by atoms with van der Waals surface area (Å²) >= 11 is 0. The molecule has 0 fully saturated rings. The van der Waals surface area contributed by atoms with Crippen molar-refractivity contribution in [2.75, 3.05) is 0 Å². The van der Waals surface area contributed by atoms with E-state index in [2.05, 4.69) is 9.97 Å². The molecule has 3 nitrogen and oxygen atoms in total. The van der Waals surface area contributed by atoms with Crippen LogP contribution in [0, 0.1) is 5.82 Å². The highest BCUT2D eigenvalue weighted by molar-refractivity contribution is 5.56. The van der Waals surface area contributed by atoms with Gasteiger partial charge in [-0.2, -0.15) is 13.2 Å². The average molecular weight is 260 g/mol. The highest BCUT2D eigenvalue weighted by Gasteiger charge is 2.34. The van der Waals surface area contributed by atoms with Gasteiger partial charge >= 0.3 is 6.18 Å². The van der Waals surface area contributed by atoms with Crippen LogP contribution in [0.5, 0.6) is 0 Å². The summed E-state index contributed by atoms with van der Waals surface area (Å²) in [5.41, 5.74) is -0.814. The highest BCUT2D eigenvalue weighted by atomic mass is 19.4.